The second-order valence-electron chi connectivity index (χ2n) is 10.5. The predicted octanol–water partition coefficient (Wildman–Crippen LogP) is 6.50. The van der Waals surface area contributed by atoms with Gasteiger partial charge in [0.15, 0.2) is 0 Å². The minimum atomic E-state index is -1.11. The quantitative estimate of drug-likeness (QED) is 0.215. The summed E-state index contributed by atoms with van der Waals surface area (Å²) in [5, 5.41) is 0. The van der Waals surface area contributed by atoms with E-state index >= 15 is 0 Å². The van der Waals surface area contributed by atoms with Gasteiger partial charge in [-0.15, -0.1) is 0 Å². The van der Waals surface area contributed by atoms with E-state index in [2.05, 4.69) is 136 Å². The van der Waals surface area contributed by atoms with Crippen LogP contribution in [0.5, 0.6) is 0 Å². The second kappa shape index (κ2) is 14.3. The van der Waals surface area contributed by atoms with Crippen molar-refractivity contribution in [2.24, 2.45) is 0 Å². The highest BCUT2D eigenvalue weighted by atomic mass is 15.1. The maximum absolute atomic E-state index is 2.43. The molecule has 3 nitrogen and oxygen atoms in total. The van der Waals surface area contributed by atoms with E-state index in [1.165, 1.54) is 46.3 Å². The molecular formula is C34H51BN3-. The lowest BCUT2D eigenvalue weighted by atomic mass is 9.14. The molecule has 0 aromatic heterocycles. The fourth-order valence-corrected chi connectivity index (χ4v) is 6.39. The molecular weight excluding hydrogens is 461 g/mol. The highest BCUT2D eigenvalue weighted by molar-refractivity contribution is 7.11. The van der Waals surface area contributed by atoms with Gasteiger partial charge in [0.1, 0.15) is 0 Å². The molecule has 206 valence electrons. The van der Waals surface area contributed by atoms with Gasteiger partial charge >= 0.3 is 0 Å². The van der Waals surface area contributed by atoms with Crippen molar-refractivity contribution in [3.8, 4) is 0 Å². The fourth-order valence-electron chi connectivity index (χ4n) is 6.39. The van der Waals surface area contributed by atoms with Crippen molar-refractivity contribution in [1.29, 1.82) is 0 Å². The van der Waals surface area contributed by atoms with E-state index in [-0.39, 0.29) is 0 Å². The Bertz CT molecular complexity index is 930. The van der Waals surface area contributed by atoms with Gasteiger partial charge in [-0.25, -0.2) is 0 Å². The Hall–Kier alpha value is -2.88. The first-order chi connectivity index (χ1) is 18.5. The van der Waals surface area contributed by atoms with E-state index in [9.17, 15) is 0 Å². The molecule has 0 fully saturated rings. The topological polar surface area (TPSA) is 9.72 Å². The molecule has 4 heteroatoms. The molecule has 0 aliphatic heterocycles. The lowest BCUT2D eigenvalue weighted by Gasteiger charge is -2.44. The number of hydrogen-bond acceptors (Lipinski definition) is 3. The maximum Gasteiger partial charge on any atom is 0.0814 e. The van der Waals surface area contributed by atoms with E-state index in [0.717, 1.165) is 45.6 Å². The Labute approximate surface area is 233 Å². The molecule has 0 N–H and O–H groups in total. The number of nitrogens with zero attached hydrogens (tertiary/aromatic N) is 3. The molecule has 0 unspecified atom stereocenters. The zero-order valence-electron chi connectivity index (χ0n) is 25.2. The van der Waals surface area contributed by atoms with Crippen LogP contribution in [-0.2, 0) is 0 Å². The van der Waals surface area contributed by atoms with Crippen molar-refractivity contribution in [2.75, 3.05) is 54.0 Å². The van der Waals surface area contributed by atoms with Crippen molar-refractivity contribution in [3.63, 3.8) is 0 Å². The standard InChI is InChI=1S/C34H51BN3/c1-8-15-28-35(29-16-22-32(23-17-29)36(9-2)10-3,30-18-24-33(25-19-30)37(11-4)12-5)31-20-26-34(27-21-31)38(13-6)14-7/h16-27H,8-15,28H2,1-7H3/q-1. The smallest absolute Gasteiger partial charge is 0.0814 e. The summed E-state index contributed by atoms with van der Waals surface area (Å²) in [6.45, 7) is 21.9. The molecule has 3 aromatic carbocycles. The van der Waals surface area contributed by atoms with Gasteiger partial charge in [-0.3, -0.25) is 0 Å². The fraction of sp³-hybridized carbons (Fsp3) is 0.471. The largest absolute Gasteiger partial charge is 0.372 e. The molecule has 0 atom stereocenters. The number of anilines is 3. The molecule has 0 aliphatic carbocycles. The van der Waals surface area contributed by atoms with Crippen LogP contribution in [0.1, 0.15) is 61.3 Å². The minimum absolute atomic E-state index is 1.03. The number of hydrogen-bond donors (Lipinski definition) is 0. The van der Waals surface area contributed by atoms with E-state index in [4.69, 9.17) is 0 Å². The van der Waals surface area contributed by atoms with Crippen LogP contribution >= 0.6 is 0 Å². The van der Waals surface area contributed by atoms with Crippen molar-refractivity contribution >= 4 is 39.6 Å². The first kappa shape index (κ1) is 29.7. The third-order valence-corrected chi connectivity index (χ3v) is 8.76. The molecule has 0 saturated carbocycles. The van der Waals surface area contributed by atoms with Crippen molar-refractivity contribution < 1.29 is 0 Å². The lowest BCUT2D eigenvalue weighted by molar-refractivity contribution is 0.865. The number of unbranched alkanes of at least 4 members (excludes halogenated alkanes) is 1. The highest BCUT2D eigenvalue weighted by Crippen LogP contribution is 2.22. The van der Waals surface area contributed by atoms with Crippen LogP contribution in [0, 0.1) is 0 Å². The van der Waals surface area contributed by atoms with Crippen LogP contribution in [0.15, 0.2) is 72.8 Å². The van der Waals surface area contributed by atoms with E-state index in [1.807, 2.05) is 0 Å². The summed E-state index contributed by atoms with van der Waals surface area (Å²) in [7, 11) is 0. The van der Waals surface area contributed by atoms with Crippen molar-refractivity contribution in [2.45, 2.75) is 67.6 Å². The number of benzene rings is 3. The Morgan fingerprint density at radius 2 is 0.684 bits per heavy atom. The van der Waals surface area contributed by atoms with Gasteiger partial charge in [0.2, 0.25) is 0 Å². The summed E-state index contributed by atoms with van der Waals surface area (Å²) in [6, 6.07) is 28.6. The summed E-state index contributed by atoms with van der Waals surface area (Å²) in [4.78, 5) is 7.30. The third kappa shape index (κ3) is 6.22. The van der Waals surface area contributed by atoms with Crippen LogP contribution in [0.2, 0.25) is 6.32 Å². The zero-order chi connectivity index (χ0) is 27.5. The Balaban J connectivity index is 2.21. The zero-order valence-corrected chi connectivity index (χ0v) is 25.2. The minimum Gasteiger partial charge on any atom is -0.372 e. The van der Waals surface area contributed by atoms with Crippen LogP contribution in [0.4, 0.5) is 17.1 Å². The molecule has 38 heavy (non-hydrogen) atoms. The van der Waals surface area contributed by atoms with Gasteiger partial charge in [-0.05, 0) is 77.9 Å². The van der Waals surface area contributed by atoms with Gasteiger partial charge < -0.3 is 14.7 Å². The van der Waals surface area contributed by atoms with Gasteiger partial charge in [-0.2, -0.15) is 22.7 Å². The number of rotatable bonds is 15. The van der Waals surface area contributed by atoms with Crippen molar-refractivity contribution in [3.05, 3.63) is 72.8 Å². The summed E-state index contributed by atoms with van der Waals surface area (Å²) in [5.41, 5.74) is 8.27. The van der Waals surface area contributed by atoms with Gasteiger partial charge in [-0.1, -0.05) is 56.2 Å². The molecule has 3 rings (SSSR count). The van der Waals surface area contributed by atoms with E-state index < -0.39 is 6.15 Å². The molecule has 0 bridgehead atoms. The molecule has 3 aromatic rings. The SMILES string of the molecule is CCCC[B-](c1ccc(N(CC)CC)cc1)(c1ccc(N(CC)CC)cc1)c1ccc(N(CC)CC)cc1. The van der Waals surface area contributed by atoms with Gasteiger partial charge in [0.25, 0.3) is 0 Å². The van der Waals surface area contributed by atoms with Crippen LogP contribution < -0.4 is 31.1 Å². The maximum atomic E-state index is 2.43. The van der Waals surface area contributed by atoms with E-state index in [0.29, 0.717) is 0 Å². The Morgan fingerprint density at radius 3 is 0.895 bits per heavy atom. The second-order valence-corrected chi connectivity index (χ2v) is 10.5. The molecule has 0 aliphatic rings. The first-order valence-corrected chi connectivity index (χ1v) is 15.3. The Morgan fingerprint density at radius 1 is 0.421 bits per heavy atom. The normalized spacial score (nSPS) is 11.4. The summed E-state index contributed by atoms with van der Waals surface area (Å²) in [5.74, 6) is 0. The van der Waals surface area contributed by atoms with Gasteiger partial charge in [0, 0.05) is 56.3 Å². The summed E-state index contributed by atoms with van der Waals surface area (Å²) in [6.07, 6.45) is 2.43. The highest BCUT2D eigenvalue weighted by Gasteiger charge is 2.30. The average molecular weight is 513 g/mol. The Kier molecular flexibility index (Phi) is 11.2. The monoisotopic (exact) mass is 512 g/mol. The van der Waals surface area contributed by atoms with Crippen LogP contribution in [-0.4, -0.2) is 45.4 Å². The molecule has 0 radical (unpaired) electrons. The van der Waals surface area contributed by atoms with E-state index in [1.54, 1.807) is 0 Å². The predicted molar refractivity (Wildman–Crippen MR) is 174 cm³/mol. The molecule has 0 spiro atoms. The third-order valence-electron chi connectivity index (χ3n) is 8.76. The molecule has 0 heterocycles. The van der Waals surface area contributed by atoms with Crippen molar-refractivity contribution in [1.82, 2.24) is 0 Å². The average Bonchev–Trinajstić information content (AvgIpc) is 2.97. The first-order valence-electron chi connectivity index (χ1n) is 15.3. The summed E-state index contributed by atoms with van der Waals surface area (Å²) >= 11 is 0. The molecule has 0 amide bonds. The van der Waals surface area contributed by atoms with Gasteiger partial charge in [0.05, 0.1) is 6.15 Å². The summed E-state index contributed by atoms with van der Waals surface area (Å²) < 4.78 is 0. The molecule has 0 saturated heterocycles. The van der Waals surface area contributed by atoms with Crippen LogP contribution in [0.3, 0.4) is 0 Å². The van der Waals surface area contributed by atoms with Crippen LogP contribution in [0.25, 0.3) is 0 Å². The lowest BCUT2D eigenvalue weighted by Crippen LogP contribution is -2.67.